The fourth-order valence-electron chi connectivity index (χ4n) is 2.02. The Kier molecular flexibility index (Phi) is 4.50. The van der Waals surface area contributed by atoms with Crippen molar-refractivity contribution in [3.8, 4) is 5.75 Å². The molecule has 0 spiro atoms. The second-order valence-electron chi connectivity index (χ2n) is 4.73. The summed E-state index contributed by atoms with van der Waals surface area (Å²) in [6.45, 7) is 4.43. The fraction of sp³-hybridized carbons (Fsp3) is 0.250. The van der Waals surface area contributed by atoms with Crippen LogP contribution in [0.15, 0.2) is 30.3 Å². The molecule has 0 aromatic heterocycles. The van der Waals surface area contributed by atoms with Gasteiger partial charge in [0.25, 0.3) is 0 Å². The third-order valence-corrected chi connectivity index (χ3v) is 3.66. The molecule has 0 fully saturated rings. The first-order valence-electron chi connectivity index (χ1n) is 6.34. The first-order chi connectivity index (χ1) is 9.51. The van der Waals surface area contributed by atoms with Crippen LogP contribution < -0.4 is 10.1 Å². The highest BCUT2D eigenvalue weighted by Crippen LogP contribution is 2.31. The van der Waals surface area contributed by atoms with Crippen molar-refractivity contribution in [3.05, 3.63) is 57.9 Å². The second kappa shape index (κ2) is 6.14. The number of rotatable bonds is 4. The van der Waals surface area contributed by atoms with Gasteiger partial charge in [-0.3, -0.25) is 0 Å². The van der Waals surface area contributed by atoms with Gasteiger partial charge in [-0.25, -0.2) is 4.39 Å². The van der Waals surface area contributed by atoms with Crippen LogP contribution in [0.4, 0.5) is 10.1 Å². The van der Waals surface area contributed by atoms with Gasteiger partial charge in [-0.2, -0.15) is 0 Å². The molecule has 0 radical (unpaired) electrons. The molecular formula is C16H17ClFNO. The van der Waals surface area contributed by atoms with Gasteiger partial charge >= 0.3 is 0 Å². The lowest BCUT2D eigenvalue weighted by molar-refractivity contribution is 0.416. The zero-order chi connectivity index (χ0) is 14.7. The minimum Gasteiger partial charge on any atom is -0.495 e. The second-order valence-corrected chi connectivity index (χ2v) is 5.13. The van der Waals surface area contributed by atoms with Crippen LogP contribution in [0.2, 0.25) is 5.02 Å². The number of aryl methyl sites for hydroxylation is 2. The van der Waals surface area contributed by atoms with Gasteiger partial charge in [0.2, 0.25) is 0 Å². The van der Waals surface area contributed by atoms with Gasteiger partial charge in [-0.1, -0.05) is 17.7 Å². The van der Waals surface area contributed by atoms with E-state index in [1.807, 2.05) is 19.9 Å². The molecule has 2 nitrogen and oxygen atoms in total. The predicted molar refractivity (Wildman–Crippen MR) is 81.2 cm³/mol. The average molecular weight is 294 g/mol. The summed E-state index contributed by atoms with van der Waals surface area (Å²) in [7, 11) is 1.61. The maximum absolute atomic E-state index is 13.1. The SMILES string of the molecule is COc1cc(Cl)c(C)cc1NCc1ccc(F)cc1C. The van der Waals surface area contributed by atoms with Crippen LogP contribution in [0.3, 0.4) is 0 Å². The zero-order valence-corrected chi connectivity index (χ0v) is 12.5. The largest absolute Gasteiger partial charge is 0.495 e. The van der Waals surface area contributed by atoms with Crippen molar-refractivity contribution in [3.63, 3.8) is 0 Å². The average Bonchev–Trinajstić information content (AvgIpc) is 2.41. The van der Waals surface area contributed by atoms with E-state index in [0.29, 0.717) is 17.3 Å². The van der Waals surface area contributed by atoms with Gasteiger partial charge in [-0.05, 0) is 48.7 Å². The van der Waals surface area contributed by atoms with Crippen molar-refractivity contribution in [2.24, 2.45) is 0 Å². The first kappa shape index (κ1) is 14.7. The van der Waals surface area contributed by atoms with Crippen LogP contribution in [-0.2, 0) is 6.54 Å². The molecule has 0 atom stereocenters. The van der Waals surface area contributed by atoms with Crippen molar-refractivity contribution in [1.29, 1.82) is 0 Å². The van der Waals surface area contributed by atoms with E-state index >= 15 is 0 Å². The molecule has 0 saturated heterocycles. The summed E-state index contributed by atoms with van der Waals surface area (Å²) in [5.41, 5.74) is 3.81. The number of hydrogen-bond donors (Lipinski definition) is 1. The quantitative estimate of drug-likeness (QED) is 0.881. The summed E-state index contributed by atoms with van der Waals surface area (Å²) < 4.78 is 18.4. The number of ether oxygens (including phenoxy) is 1. The summed E-state index contributed by atoms with van der Waals surface area (Å²) >= 11 is 6.07. The van der Waals surface area contributed by atoms with Crippen molar-refractivity contribution < 1.29 is 9.13 Å². The number of anilines is 1. The molecule has 1 N–H and O–H groups in total. The highest BCUT2D eigenvalue weighted by atomic mass is 35.5. The first-order valence-corrected chi connectivity index (χ1v) is 6.72. The van der Waals surface area contributed by atoms with Crippen LogP contribution in [0, 0.1) is 19.7 Å². The number of hydrogen-bond acceptors (Lipinski definition) is 2. The van der Waals surface area contributed by atoms with Crippen molar-refractivity contribution >= 4 is 17.3 Å². The molecule has 106 valence electrons. The number of nitrogens with one attached hydrogen (secondary N) is 1. The van der Waals surface area contributed by atoms with Gasteiger partial charge in [0, 0.05) is 17.6 Å². The maximum atomic E-state index is 13.1. The monoisotopic (exact) mass is 293 g/mol. The molecule has 2 rings (SSSR count). The highest BCUT2D eigenvalue weighted by Gasteiger charge is 2.07. The Hall–Kier alpha value is -1.74. The molecule has 0 aliphatic rings. The topological polar surface area (TPSA) is 21.3 Å². The lowest BCUT2D eigenvalue weighted by atomic mass is 10.1. The van der Waals surface area contributed by atoms with Crippen LogP contribution in [0.5, 0.6) is 5.75 Å². The van der Waals surface area contributed by atoms with Crippen LogP contribution >= 0.6 is 11.6 Å². The van der Waals surface area contributed by atoms with Crippen molar-refractivity contribution in [2.45, 2.75) is 20.4 Å². The molecule has 2 aromatic rings. The Bertz CT molecular complexity index is 628. The van der Waals surface area contributed by atoms with Gasteiger partial charge in [-0.15, -0.1) is 0 Å². The van der Waals surface area contributed by atoms with Crippen LogP contribution in [-0.4, -0.2) is 7.11 Å². The summed E-state index contributed by atoms with van der Waals surface area (Å²) in [5.74, 6) is 0.478. The Morgan fingerprint density at radius 2 is 1.90 bits per heavy atom. The van der Waals surface area contributed by atoms with E-state index in [1.165, 1.54) is 12.1 Å². The molecule has 0 aliphatic carbocycles. The Morgan fingerprint density at radius 1 is 1.15 bits per heavy atom. The molecule has 0 bridgehead atoms. The standard InChI is InChI=1S/C16H17ClFNO/c1-10-6-13(18)5-4-12(10)9-19-15-7-11(2)14(17)8-16(15)20-3/h4-8,19H,9H2,1-3H3. The van der Waals surface area contributed by atoms with E-state index in [9.17, 15) is 4.39 Å². The Morgan fingerprint density at radius 3 is 2.55 bits per heavy atom. The molecule has 0 saturated carbocycles. The number of benzene rings is 2. The summed E-state index contributed by atoms with van der Waals surface area (Å²) in [5, 5.41) is 3.97. The van der Waals surface area contributed by atoms with Crippen LogP contribution in [0.1, 0.15) is 16.7 Å². The van der Waals surface area contributed by atoms with Gasteiger partial charge in [0.05, 0.1) is 12.8 Å². The maximum Gasteiger partial charge on any atom is 0.143 e. The molecule has 0 heterocycles. The lowest BCUT2D eigenvalue weighted by Gasteiger charge is -2.14. The smallest absolute Gasteiger partial charge is 0.143 e. The molecule has 0 unspecified atom stereocenters. The van der Waals surface area contributed by atoms with E-state index in [4.69, 9.17) is 16.3 Å². The molecule has 2 aromatic carbocycles. The minimum atomic E-state index is -0.217. The van der Waals surface area contributed by atoms with Crippen molar-refractivity contribution in [1.82, 2.24) is 0 Å². The van der Waals surface area contributed by atoms with Crippen LogP contribution in [0.25, 0.3) is 0 Å². The third-order valence-electron chi connectivity index (χ3n) is 3.25. The van der Waals surface area contributed by atoms with E-state index in [0.717, 1.165) is 22.4 Å². The summed E-state index contributed by atoms with van der Waals surface area (Å²) in [4.78, 5) is 0. The molecule has 0 aliphatic heterocycles. The Labute approximate surface area is 123 Å². The molecular weight excluding hydrogens is 277 g/mol. The van der Waals surface area contributed by atoms with E-state index in [-0.39, 0.29) is 5.82 Å². The number of halogens is 2. The summed E-state index contributed by atoms with van der Waals surface area (Å²) in [6.07, 6.45) is 0. The van der Waals surface area contributed by atoms with E-state index in [2.05, 4.69) is 5.32 Å². The minimum absolute atomic E-state index is 0.217. The fourth-order valence-corrected chi connectivity index (χ4v) is 2.17. The summed E-state index contributed by atoms with van der Waals surface area (Å²) in [6, 6.07) is 8.51. The zero-order valence-electron chi connectivity index (χ0n) is 11.8. The van der Waals surface area contributed by atoms with E-state index < -0.39 is 0 Å². The molecule has 4 heteroatoms. The van der Waals surface area contributed by atoms with Gasteiger partial charge < -0.3 is 10.1 Å². The number of methoxy groups -OCH3 is 1. The molecule has 0 amide bonds. The highest BCUT2D eigenvalue weighted by molar-refractivity contribution is 6.31. The van der Waals surface area contributed by atoms with E-state index in [1.54, 1.807) is 19.2 Å². The lowest BCUT2D eigenvalue weighted by Crippen LogP contribution is -2.03. The Balaban J connectivity index is 2.20. The molecule has 20 heavy (non-hydrogen) atoms. The van der Waals surface area contributed by atoms with Gasteiger partial charge in [0.15, 0.2) is 0 Å². The van der Waals surface area contributed by atoms with Gasteiger partial charge in [0.1, 0.15) is 11.6 Å². The third kappa shape index (κ3) is 3.23. The predicted octanol–water partition coefficient (Wildman–Crippen LogP) is 4.72. The normalized spacial score (nSPS) is 10.4. The van der Waals surface area contributed by atoms with Crippen molar-refractivity contribution in [2.75, 3.05) is 12.4 Å².